The highest BCUT2D eigenvalue weighted by molar-refractivity contribution is 5.78. The van der Waals surface area contributed by atoms with Gasteiger partial charge in [0, 0.05) is 5.39 Å². The Morgan fingerprint density at radius 2 is 2.10 bits per heavy atom. The summed E-state index contributed by atoms with van der Waals surface area (Å²) in [5, 5.41) is 4.18. The van der Waals surface area contributed by atoms with Crippen molar-refractivity contribution in [2.45, 2.75) is 45.8 Å². The number of halogens is 1. The summed E-state index contributed by atoms with van der Waals surface area (Å²) in [4.78, 5) is 0. The molecule has 1 aromatic carbocycles. The van der Waals surface area contributed by atoms with E-state index in [1.807, 2.05) is 32.9 Å². The van der Waals surface area contributed by atoms with Crippen molar-refractivity contribution < 1.29 is 13.5 Å². The lowest BCUT2D eigenvalue weighted by Crippen LogP contribution is -2.30. The van der Waals surface area contributed by atoms with Crippen molar-refractivity contribution >= 4 is 11.0 Å². The third-order valence-electron chi connectivity index (χ3n) is 3.18. The van der Waals surface area contributed by atoms with Crippen LogP contribution in [-0.4, -0.2) is 18.8 Å². The van der Waals surface area contributed by atoms with Crippen molar-refractivity contribution in [2.75, 3.05) is 13.2 Å². The fraction of sp³-hybridized carbons (Fsp3) is 0.529. The summed E-state index contributed by atoms with van der Waals surface area (Å²) in [7, 11) is 0. The van der Waals surface area contributed by atoms with E-state index >= 15 is 0 Å². The van der Waals surface area contributed by atoms with E-state index in [0.717, 1.165) is 18.4 Å². The van der Waals surface area contributed by atoms with Crippen LogP contribution in [0.25, 0.3) is 11.0 Å². The normalized spacial score (nSPS) is 13.8. The van der Waals surface area contributed by atoms with E-state index in [4.69, 9.17) is 9.15 Å². The van der Waals surface area contributed by atoms with Gasteiger partial charge < -0.3 is 14.5 Å². The van der Waals surface area contributed by atoms with Gasteiger partial charge in [0.05, 0.1) is 18.2 Å². The van der Waals surface area contributed by atoms with E-state index in [1.165, 1.54) is 6.07 Å². The number of nitrogens with one attached hydrogen (secondary N) is 1. The summed E-state index contributed by atoms with van der Waals surface area (Å²) < 4.78 is 25.3. The highest BCUT2D eigenvalue weighted by Gasteiger charge is 2.20. The molecule has 0 amide bonds. The van der Waals surface area contributed by atoms with Crippen LogP contribution in [0, 0.1) is 5.82 Å². The molecule has 0 bridgehead atoms. The highest BCUT2D eigenvalue weighted by atomic mass is 19.1. The minimum absolute atomic E-state index is 0.0732. The molecular formula is C17H24FNO2. The molecule has 0 saturated heterocycles. The van der Waals surface area contributed by atoms with Crippen molar-refractivity contribution in [1.29, 1.82) is 0 Å². The predicted molar refractivity (Wildman–Crippen MR) is 82.9 cm³/mol. The molecule has 21 heavy (non-hydrogen) atoms. The van der Waals surface area contributed by atoms with Gasteiger partial charge in [-0.05, 0) is 45.9 Å². The minimum Gasteiger partial charge on any atom is -0.456 e. The van der Waals surface area contributed by atoms with Gasteiger partial charge >= 0.3 is 0 Å². The van der Waals surface area contributed by atoms with Crippen molar-refractivity contribution in [3.05, 3.63) is 35.8 Å². The molecule has 1 atom stereocenters. The topological polar surface area (TPSA) is 34.4 Å². The van der Waals surface area contributed by atoms with Gasteiger partial charge in [0.15, 0.2) is 11.4 Å². The zero-order chi connectivity index (χ0) is 15.5. The Bertz CT molecular complexity index is 586. The molecule has 0 fully saturated rings. The number of fused-ring (bicyclic) bond motifs is 1. The van der Waals surface area contributed by atoms with Gasteiger partial charge in [-0.2, -0.15) is 0 Å². The van der Waals surface area contributed by atoms with Crippen LogP contribution in [-0.2, 0) is 4.74 Å². The van der Waals surface area contributed by atoms with Crippen LogP contribution in [0.4, 0.5) is 4.39 Å². The molecule has 1 aromatic heterocycles. The van der Waals surface area contributed by atoms with E-state index in [-0.39, 0.29) is 17.5 Å². The first-order valence-electron chi connectivity index (χ1n) is 7.46. The molecule has 2 aromatic rings. The fourth-order valence-electron chi connectivity index (χ4n) is 2.11. The largest absolute Gasteiger partial charge is 0.456 e. The van der Waals surface area contributed by atoms with Crippen molar-refractivity contribution in [3.63, 3.8) is 0 Å². The molecule has 4 heteroatoms. The Labute approximate surface area is 125 Å². The van der Waals surface area contributed by atoms with Crippen LogP contribution in [0.2, 0.25) is 0 Å². The zero-order valence-electron chi connectivity index (χ0n) is 13.2. The molecule has 2 rings (SSSR count). The second-order valence-electron chi connectivity index (χ2n) is 6.24. The average Bonchev–Trinajstić information content (AvgIpc) is 2.83. The molecular weight excluding hydrogens is 269 g/mol. The maximum atomic E-state index is 13.7. The fourth-order valence-corrected chi connectivity index (χ4v) is 2.11. The molecule has 0 spiro atoms. The second-order valence-corrected chi connectivity index (χ2v) is 6.24. The van der Waals surface area contributed by atoms with Gasteiger partial charge in [0.2, 0.25) is 0 Å². The number of hydrogen-bond donors (Lipinski definition) is 1. The van der Waals surface area contributed by atoms with Gasteiger partial charge in [-0.15, -0.1) is 0 Å². The van der Waals surface area contributed by atoms with E-state index in [9.17, 15) is 4.39 Å². The Hall–Kier alpha value is -1.39. The van der Waals surface area contributed by atoms with Crippen LogP contribution in [0.5, 0.6) is 0 Å². The van der Waals surface area contributed by atoms with Gasteiger partial charge in [0.25, 0.3) is 0 Å². The summed E-state index contributed by atoms with van der Waals surface area (Å²) in [5.41, 5.74) is 0.0928. The molecule has 1 heterocycles. The summed E-state index contributed by atoms with van der Waals surface area (Å²) in [6, 6.07) is 6.77. The van der Waals surface area contributed by atoms with E-state index in [0.29, 0.717) is 18.0 Å². The quantitative estimate of drug-likeness (QED) is 0.855. The number of para-hydroxylation sites is 1. The van der Waals surface area contributed by atoms with Gasteiger partial charge in [0.1, 0.15) is 5.76 Å². The molecule has 3 nitrogen and oxygen atoms in total. The molecule has 116 valence electrons. The van der Waals surface area contributed by atoms with E-state index in [2.05, 4.69) is 12.2 Å². The maximum Gasteiger partial charge on any atom is 0.169 e. The minimum atomic E-state index is -0.329. The first kappa shape index (κ1) is 16.0. The molecule has 0 radical (unpaired) electrons. The Morgan fingerprint density at radius 3 is 2.71 bits per heavy atom. The lowest BCUT2D eigenvalue weighted by Gasteiger charge is -2.24. The van der Waals surface area contributed by atoms with Gasteiger partial charge in [-0.3, -0.25) is 0 Å². The third kappa shape index (κ3) is 4.29. The molecule has 0 aliphatic heterocycles. The van der Waals surface area contributed by atoms with E-state index in [1.54, 1.807) is 6.07 Å². The number of rotatable bonds is 6. The van der Waals surface area contributed by atoms with Crippen LogP contribution in [0.3, 0.4) is 0 Å². The second kappa shape index (κ2) is 6.58. The zero-order valence-corrected chi connectivity index (χ0v) is 13.2. The van der Waals surface area contributed by atoms with Crippen LogP contribution >= 0.6 is 0 Å². The number of furan rings is 1. The maximum absolute atomic E-state index is 13.7. The molecule has 1 unspecified atom stereocenters. The number of benzene rings is 1. The van der Waals surface area contributed by atoms with Crippen LogP contribution in [0.15, 0.2) is 28.7 Å². The SMILES string of the molecule is CCCNC(COC(C)(C)C)c1cc2cccc(F)c2o1. The highest BCUT2D eigenvalue weighted by Crippen LogP contribution is 2.27. The predicted octanol–water partition coefficient (Wildman–Crippen LogP) is 4.43. The lowest BCUT2D eigenvalue weighted by atomic mass is 10.1. The average molecular weight is 293 g/mol. The Morgan fingerprint density at radius 1 is 1.33 bits per heavy atom. The van der Waals surface area contributed by atoms with Gasteiger partial charge in [-0.25, -0.2) is 4.39 Å². The third-order valence-corrected chi connectivity index (χ3v) is 3.18. The van der Waals surface area contributed by atoms with Crippen molar-refractivity contribution in [1.82, 2.24) is 5.32 Å². The smallest absolute Gasteiger partial charge is 0.169 e. The summed E-state index contributed by atoms with van der Waals surface area (Å²) >= 11 is 0. The number of ether oxygens (including phenoxy) is 1. The van der Waals surface area contributed by atoms with Crippen LogP contribution < -0.4 is 5.32 Å². The first-order valence-corrected chi connectivity index (χ1v) is 7.46. The molecule has 0 aliphatic rings. The first-order chi connectivity index (χ1) is 9.90. The monoisotopic (exact) mass is 293 g/mol. The summed E-state index contributed by atoms with van der Waals surface area (Å²) in [5.74, 6) is 0.387. The van der Waals surface area contributed by atoms with E-state index < -0.39 is 0 Å². The van der Waals surface area contributed by atoms with Crippen molar-refractivity contribution in [2.24, 2.45) is 0 Å². The molecule has 0 saturated carbocycles. The van der Waals surface area contributed by atoms with Crippen LogP contribution in [0.1, 0.15) is 45.9 Å². The van der Waals surface area contributed by atoms with Gasteiger partial charge in [-0.1, -0.05) is 19.1 Å². The summed E-state index contributed by atoms with van der Waals surface area (Å²) in [6.07, 6.45) is 1.01. The summed E-state index contributed by atoms with van der Waals surface area (Å²) in [6.45, 7) is 9.50. The Kier molecular flexibility index (Phi) is 5.01. The molecule has 1 N–H and O–H groups in total. The molecule has 0 aliphatic carbocycles. The standard InChI is InChI=1S/C17H24FNO2/c1-5-9-19-14(11-20-17(2,3)4)15-10-12-7-6-8-13(18)16(12)21-15/h6-8,10,14,19H,5,9,11H2,1-4H3. The lowest BCUT2D eigenvalue weighted by molar-refractivity contribution is -0.0170. The van der Waals surface area contributed by atoms with Crippen molar-refractivity contribution in [3.8, 4) is 0 Å². The Balaban J connectivity index is 2.23. The number of hydrogen-bond acceptors (Lipinski definition) is 3.